The van der Waals surface area contributed by atoms with E-state index in [0.717, 1.165) is 30.7 Å². The molecule has 3 nitrogen and oxygen atoms in total. The number of benzene rings is 1. The first kappa shape index (κ1) is 11.0. The van der Waals surface area contributed by atoms with E-state index in [1.165, 1.54) is 0 Å². The molecule has 0 radical (unpaired) electrons. The van der Waals surface area contributed by atoms with Gasteiger partial charge >= 0.3 is 0 Å². The molecule has 1 aromatic rings. The second-order valence-corrected chi connectivity index (χ2v) is 4.14. The zero-order valence-corrected chi connectivity index (χ0v) is 9.53. The van der Waals surface area contributed by atoms with E-state index in [4.69, 9.17) is 4.74 Å². The number of nitrogens with one attached hydrogen (secondary N) is 1. The molecule has 16 heavy (non-hydrogen) atoms. The predicted octanol–water partition coefficient (Wildman–Crippen LogP) is 2.62. The largest absolute Gasteiger partial charge is 0.497 e. The number of Topliss-reactive ketones (excluding diaryl/α,β-unsaturated/α-hetero) is 1. The summed E-state index contributed by atoms with van der Waals surface area (Å²) in [5.74, 6) is 1.17. The Morgan fingerprint density at radius 1 is 1.25 bits per heavy atom. The molecule has 1 fully saturated rings. The molecule has 0 aromatic heterocycles. The second-order valence-electron chi connectivity index (χ2n) is 4.14. The van der Waals surface area contributed by atoms with Crippen LogP contribution in [0.3, 0.4) is 0 Å². The van der Waals surface area contributed by atoms with Crippen LogP contribution in [0.2, 0.25) is 0 Å². The highest BCUT2D eigenvalue weighted by molar-refractivity contribution is 5.87. The van der Waals surface area contributed by atoms with E-state index >= 15 is 0 Å². The molecule has 2 rings (SSSR count). The van der Waals surface area contributed by atoms with Crippen LogP contribution in [0, 0.1) is 0 Å². The van der Waals surface area contributed by atoms with E-state index in [2.05, 4.69) is 5.32 Å². The summed E-state index contributed by atoms with van der Waals surface area (Å²) in [5.41, 5.74) is 0.987. The normalized spacial score (nSPS) is 20.6. The first-order chi connectivity index (χ1) is 7.79. The van der Waals surface area contributed by atoms with E-state index < -0.39 is 0 Å². The third-order valence-electron chi connectivity index (χ3n) is 2.99. The van der Waals surface area contributed by atoms with Gasteiger partial charge in [-0.3, -0.25) is 4.79 Å². The molecule has 0 heterocycles. The molecule has 1 aliphatic rings. The van der Waals surface area contributed by atoms with Crippen LogP contribution in [0.25, 0.3) is 0 Å². The summed E-state index contributed by atoms with van der Waals surface area (Å²) in [7, 11) is 1.65. The molecule has 0 aliphatic heterocycles. The number of ketones is 1. The van der Waals surface area contributed by atoms with Crippen LogP contribution in [0.1, 0.15) is 25.7 Å². The number of anilines is 1. The standard InChI is InChI=1S/C13H17NO2/c1-16-11-8-6-10(7-9-11)14-12-4-2-3-5-13(12)15/h6-9,12,14H,2-5H2,1H3/t12-/m1/s1. The Bertz CT molecular complexity index is 359. The lowest BCUT2D eigenvalue weighted by molar-refractivity contribution is -0.121. The van der Waals surface area contributed by atoms with Gasteiger partial charge in [-0.05, 0) is 37.1 Å². The third-order valence-corrected chi connectivity index (χ3v) is 2.99. The highest BCUT2D eigenvalue weighted by atomic mass is 16.5. The fourth-order valence-electron chi connectivity index (χ4n) is 2.02. The maximum absolute atomic E-state index is 11.6. The molecule has 3 heteroatoms. The summed E-state index contributed by atoms with van der Waals surface area (Å²) >= 11 is 0. The Morgan fingerprint density at radius 3 is 2.62 bits per heavy atom. The topological polar surface area (TPSA) is 38.3 Å². The minimum atomic E-state index is 0.00199. The van der Waals surface area contributed by atoms with Gasteiger partial charge in [0.05, 0.1) is 13.2 Å². The molecule has 0 spiro atoms. The highest BCUT2D eigenvalue weighted by Gasteiger charge is 2.21. The van der Waals surface area contributed by atoms with Gasteiger partial charge in [-0.15, -0.1) is 0 Å². The Balaban J connectivity index is 1.99. The number of carbonyl (C=O) groups is 1. The number of hydrogen-bond acceptors (Lipinski definition) is 3. The molecule has 0 amide bonds. The van der Waals surface area contributed by atoms with Gasteiger partial charge in [0.1, 0.15) is 5.75 Å². The van der Waals surface area contributed by atoms with Crippen molar-refractivity contribution in [2.45, 2.75) is 31.7 Å². The molecular weight excluding hydrogens is 202 g/mol. The lowest BCUT2D eigenvalue weighted by atomic mass is 9.94. The Morgan fingerprint density at radius 2 is 2.00 bits per heavy atom. The van der Waals surface area contributed by atoms with Crippen LogP contribution in [-0.2, 0) is 4.79 Å². The molecule has 1 aliphatic carbocycles. The Hall–Kier alpha value is -1.51. The van der Waals surface area contributed by atoms with Crippen molar-refractivity contribution in [1.29, 1.82) is 0 Å². The average Bonchev–Trinajstić information content (AvgIpc) is 2.33. The van der Waals surface area contributed by atoms with E-state index in [0.29, 0.717) is 12.2 Å². The van der Waals surface area contributed by atoms with E-state index in [-0.39, 0.29) is 6.04 Å². The molecule has 0 bridgehead atoms. The van der Waals surface area contributed by atoms with Crippen molar-refractivity contribution in [1.82, 2.24) is 0 Å². The number of ether oxygens (including phenoxy) is 1. The molecule has 86 valence electrons. The van der Waals surface area contributed by atoms with Crippen molar-refractivity contribution in [2.24, 2.45) is 0 Å². The van der Waals surface area contributed by atoms with Crippen molar-refractivity contribution in [3.05, 3.63) is 24.3 Å². The van der Waals surface area contributed by atoms with Gasteiger partial charge in [0.15, 0.2) is 5.78 Å². The lowest BCUT2D eigenvalue weighted by Gasteiger charge is -2.22. The summed E-state index contributed by atoms with van der Waals surface area (Å²) in [5, 5.41) is 3.28. The average molecular weight is 219 g/mol. The van der Waals surface area contributed by atoms with Crippen molar-refractivity contribution >= 4 is 11.5 Å². The van der Waals surface area contributed by atoms with Gasteiger partial charge in [0.2, 0.25) is 0 Å². The summed E-state index contributed by atoms with van der Waals surface area (Å²) in [6, 6.07) is 7.69. The molecule has 1 saturated carbocycles. The van der Waals surface area contributed by atoms with Crippen LogP contribution in [0.4, 0.5) is 5.69 Å². The monoisotopic (exact) mass is 219 g/mol. The van der Waals surface area contributed by atoms with Gasteiger partial charge in [0, 0.05) is 12.1 Å². The first-order valence-electron chi connectivity index (χ1n) is 5.73. The van der Waals surface area contributed by atoms with Crippen LogP contribution in [0.5, 0.6) is 5.75 Å². The fraction of sp³-hybridized carbons (Fsp3) is 0.462. The van der Waals surface area contributed by atoms with Crippen LogP contribution >= 0.6 is 0 Å². The number of hydrogen-bond donors (Lipinski definition) is 1. The minimum Gasteiger partial charge on any atom is -0.497 e. The van der Waals surface area contributed by atoms with Crippen molar-refractivity contribution in [3.63, 3.8) is 0 Å². The Labute approximate surface area is 95.8 Å². The van der Waals surface area contributed by atoms with Gasteiger partial charge in [-0.25, -0.2) is 0 Å². The second kappa shape index (κ2) is 5.01. The van der Waals surface area contributed by atoms with E-state index in [1.54, 1.807) is 7.11 Å². The lowest BCUT2D eigenvalue weighted by Crippen LogP contribution is -2.32. The van der Waals surface area contributed by atoms with Gasteiger partial charge < -0.3 is 10.1 Å². The third kappa shape index (κ3) is 2.54. The van der Waals surface area contributed by atoms with Crippen molar-refractivity contribution in [2.75, 3.05) is 12.4 Å². The van der Waals surface area contributed by atoms with Gasteiger partial charge in [-0.2, -0.15) is 0 Å². The molecular formula is C13H17NO2. The van der Waals surface area contributed by atoms with Crippen molar-refractivity contribution < 1.29 is 9.53 Å². The first-order valence-corrected chi connectivity index (χ1v) is 5.73. The van der Waals surface area contributed by atoms with Crippen LogP contribution < -0.4 is 10.1 Å². The minimum absolute atomic E-state index is 0.00199. The number of carbonyl (C=O) groups excluding carboxylic acids is 1. The highest BCUT2D eigenvalue weighted by Crippen LogP contribution is 2.21. The summed E-state index contributed by atoms with van der Waals surface area (Å²) in [4.78, 5) is 11.6. The smallest absolute Gasteiger partial charge is 0.155 e. The van der Waals surface area contributed by atoms with Gasteiger partial charge in [-0.1, -0.05) is 6.42 Å². The summed E-state index contributed by atoms with van der Waals surface area (Å²) < 4.78 is 5.09. The quantitative estimate of drug-likeness (QED) is 0.849. The van der Waals surface area contributed by atoms with Crippen LogP contribution in [0.15, 0.2) is 24.3 Å². The summed E-state index contributed by atoms with van der Waals surface area (Å²) in [6.45, 7) is 0. The van der Waals surface area contributed by atoms with E-state index in [9.17, 15) is 4.79 Å². The number of rotatable bonds is 3. The van der Waals surface area contributed by atoms with Crippen LogP contribution in [-0.4, -0.2) is 18.9 Å². The SMILES string of the molecule is COc1ccc(N[C@@H]2CCCCC2=O)cc1. The molecule has 0 unspecified atom stereocenters. The fourth-order valence-corrected chi connectivity index (χ4v) is 2.02. The Kier molecular flexibility index (Phi) is 3.44. The predicted molar refractivity (Wildman–Crippen MR) is 63.9 cm³/mol. The molecule has 1 atom stereocenters. The zero-order valence-electron chi connectivity index (χ0n) is 9.53. The van der Waals surface area contributed by atoms with E-state index in [1.807, 2.05) is 24.3 Å². The van der Waals surface area contributed by atoms with Crippen molar-refractivity contribution in [3.8, 4) is 5.75 Å². The molecule has 1 aromatic carbocycles. The summed E-state index contributed by atoms with van der Waals surface area (Å²) in [6.07, 6.45) is 3.85. The zero-order chi connectivity index (χ0) is 11.4. The number of methoxy groups -OCH3 is 1. The maximum Gasteiger partial charge on any atom is 0.155 e. The van der Waals surface area contributed by atoms with Gasteiger partial charge in [0.25, 0.3) is 0 Å². The molecule has 0 saturated heterocycles. The molecule has 1 N–H and O–H groups in total. The maximum atomic E-state index is 11.6.